The molecule has 0 atom stereocenters. The van der Waals surface area contributed by atoms with Crippen LogP contribution in [0.25, 0.3) is 0 Å². The molecule has 0 aromatic heterocycles. The monoisotopic (exact) mass is 403 g/mol. The molecule has 1 heterocycles. The summed E-state index contributed by atoms with van der Waals surface area (Å²) in [7, 11) is 3.72. The summed E-state index contributed by atoms with van der Waals surface area (Å²) in [5.41, 5.74) is 2.64. The zero-order valence-corrected chi connectivity index (χ0v) is 17.4. The maximum atomic E-state index is 13.0. The van der Waals surface area contributed by atoms with E-state index in [1.807, 2.05) is 66.5 Å². The highest BCUT2D eigenvalue weighted by Crippen LogP contribution is 2.30. The minimum absolute atomic E-state index is 0. The molecule has 5 nitrogen and oxygen atoms in total. The van der Waals surface area contributed by atoms with Crippen LogP contribution in [0.15, 0.2) is 54.6 Å². The van der Waals surface area contributed by atoms with E-state index in [0.29, 0.717) is 18.7 Å². The fraction of sp³-hybridized carbons (Fsp3) is 0.409. The summed E-state index contributed by atoms with van der Waals surface area (Å²) in [6, 6.07) is 17.8. The number of benzene rings is 2. The number of hydrogen-bond donors (Lipinski definition) is 2. The third-order valence-electron chi connectivity index (χ3n) is 5.39. The summed E-state index contributed by atoms with van der Waals surface area (Å²) < 4.78 is 5.46. The van der Waals surface area contributed by atoms with Crippen molar-refractivity contribution >= 4 is 29.7 Å². The van der Waals surface area contributed by atoms with E-state index in [-0.39, 0.29) is 23.7 Å². The van der Waals surface area contributed by atoms with Gasteiger partial charge < -0.3 is 20.3 Å². The second-order valence-electron chi connectivity index (χ2n) is 7.28. The molecular weight excluding hydrogens is 374 g/mol. The van der Waals surface area contributed by atoms with Gasteiger partial charge in [-0.05, 0) is 50.2 Å². The number of ether oxygens (including phenoxy) is 1. The van der Waals surface area contributed by atoms with Crippen molar-refractivity contribution in [3.05, 3.63) is 60.2 Å². The number of carbonyl (C=O) groups excluding carboxylic acids is 1. The Kier molecular flexibility index (Phi) is 8.30. The number of piperidine rings is 1. The number of hydrogen-bond acceptors (Lipinski definition) is 4. The number of amides is 1. The largest absolute Gasteiger partial charge is 0.384 e. The predicted octanol–water partition coefficient (Wildman–Crippen LogP) is 3.62. The van der Waals surface area contributed by atoms with Crippen molar-refractivity contribution in [2.75, 3.05) is 45.3 Å². The van der Waals surface area contributed by atoms with Crippen LogP contribution in [0.5, 0.6) is 0 Å². The zero-order valence-electron chi connectivity index (χ0n) is 16.6. The van der Waals surface area contributed by atoms with Crippen LogP contribution in [0.4, 0.5) is 11.4 Å². The average molecular weight is 404 g/mol. The van der Waals surface area contributed by atoms with E-state index in [2.05, 4.69) is 10.6 Å². The number of nitrogens with one attached hydrogen (secondary N) is 2. The molecule has 1 aliphatic rings. The molecule has 2 aromatic rings. The fourth-order valence-corrected chi connectivity index (χ4v) is 3.75. The van der Waals surface area contributed by atoms with E-state index in [4.69, 9.17) is 4.74 Å². The molecule has 2 N–H and O–H groups in total. The van der Waals surface area contributed by atoms with Crippen LogP contribution in [0.1, 0.15) is 23.2 Å². The highest BCUT2D eigenvalue weighted by molar-refractivity contribution is 6.00. The Balaban J connectivity index is 0.00000280. The first kappa shape index (κ1) is 22.2. The molecule has 152 valence electrons. The van der Waals surface area contributed by atoms with E-state index in [0.717, 1.165) is 37.3 Å². The molecule has 0 aliphatic carbocycles. The quantitative estimate of drug-likeness (QED) is 0.741. The molecule has 1 saturated heterocycles. The van der Waals surface area contributed by atoms with Crippen LogP contribution in [-0.4, -0.2) is 46.3 Å². The summed E-state index contributed by atoms with van der Waals surface area (Å²) in [4.78, 5) is 15.0. The van der Waals surface area contributed by atoms with Crippen LogP contribution in [0, 0.1) is 5.41 Å². The van der Waals surface area contributed by atoms with Crippen molar-refractivity contribution in [3.63, 3.8) is 0 Å². The first-order chi connectivity index (χ1) is 13.2. The van der Waals surface area contributed by atoms with Crippen molar-refractivity contribution in [3.8, 4) is 0 Å². The molecule has 1 amide bonds. The lowest BCUT2D eigenvalue weighted by atomic mass is 9.79. The van der Waals surface area contributed by atoms with Crippen molar-refractivity contribution in [1.29, 1.82) is 0 Å². The number of rotatable bonds is 7. The van der Waals surface area contributed by atoms with Gasteiger partial charge in [-0.25, -0.2) is 0 Å². The third-order valence-corrected chi connectivity index (χ3v) is 5.39. The molecule has 0 saturated carbocycles. The maximum absolute atomic E-state index is 13.0. The van der Waals surface area contributed by atoms with Crippen molar-refractivity contribution in [1.82, 2.24) is 10.6 Å². The second-order valence-corrected chi connectivity index (χ2v) is 7.28. The molecule has 2 aromatic carbocycles. The van der Waals surface area contributed by atoms with Crippen LogP contribution in [-0.2, 0) is 4.74 Å². The third kappa shape index (κ3) is 5.25. The number of carbonyl (C=O) groups is 1. The predicted molar refractivity (Wildman–Crippen MR) is 117 cm³/mol. The van der Waals surface area contributed by atoms with Gasteiger partial charge in [0.1, 0.15) is 0 Å². The number of nitrogens with zero attached hydrogens (tertiary/aromatic N) is 1. The molecular formula is C22H30ClN3O2. The minimum atomic E-state index is -0.0395. The van der Waals surface area contributed by atoms with Gasteiger partial charge in [0.15, 0.2) is 0 Å². The van der Waals surface area contributed by atoms with Gasteiger partial charge in [0, 0.05) is 31.8 Å². The summed E-state index contributed by atoms with van der Waals surface area (Å²) in [6.07, 6.45) is 2.01. The van der Waals surface area contributed by atoms with Crippen LogP contribution < -0.4 is 15.5 Å². The maximum Gasteiger partial charge on any atom is 0.253 e. The number of anilines is 2. The van der Waals surface area contributed by atoms with Gasteiger partial charge in [-0.1, -0.05) is 30.3 Å². The zero-order chi connectivity index (χ0) is 19.1. The molecule has 1 aliphatic heterocycles. The number of methoxy groups -OCH3 is 1. The molecule has 6 heteroatoms. The van der Waals surface area contributed by atoms with Gasteiger partial charge >= 0.3 is 0 Å². The smallest absolute Gasteiger partial charge is 0.253 e. The second kappa shape index (κ2) is 10.5. The van der Waals surface area contributed by atoms with Gasteiger partial charge in [-0.15, -0.1) is 12.4 Å². The standard InChI is InChI=1S/C22H29N3O2.ClH/c1-25(18-8-4-3-5-9-18)20-11-7-6-10-19(20)21(26)24-16-22(17-27-2)12-14-23-15-13-22;/h3-11,23H,12-17H2,1-2H3,(H,24,26);1H. The Hall–Kier alpha value is -2.08. The van der Waals surface area contributed by atoms with E-state index < -0.39 is 0 Å². The molecule has 0 spiro atoms. The summed E-state index contributed by atoms with van der Waals surface area (Å²) in [5.74, 6) is -0.0395. The highest BCUT2D eigenvalue weighted by atomic mass is 35.5. The Morgan fingerprint density at radius 1 is 1.11 bits per heavy atom. The molecule has 3 rings (SSSR count). The lowest BCUT2D eigenvalue weighted by molar-refractivity contribution is 0.0512. The van der Waals surface area contributed by atoms with E-state index in [1.165, 1.54) is 0 Å². The van der Waals surface area contributed by atoms with Gasteiger partial charge in [-0.2, -0.15) is 0 Å². The molecule has 0 bridgehead atoms. The molecule has 0 radical (unpaired) electrons. The first-order valence-corrected chi connectivity index (χ1v) is 9.51. The Morgan fingerprint density at radius 3 is 2.43 bits per heavy atom. The van der Waals surface area contributed by atoms with Crippen molar-refractivity contribution in [2.24, 2.45) is 5.41 Å². The molecule has 1 fully saturated rings. The first-order valence-electron chi connectivity index (χ1n) is 9.51. The summed E-state index contributed by atoms with van der Waals surface area (Å²) in [5, 5.41) is 6.55. The SMILES string of the molecule is COCC1(CNC(=O)c2ccccc2N(C)c2ccccc2)CCNCC1.Cl. The van der Waals surface area contributed by atoms with E-state index >= 15 is 0 Å². The summed E-state index contributed by atoms with van der Waals surface area (Å²) in [6.45, 7) is 3.23. The van der Waals surface area contributed by atoms with Gasteiger partial charge in [-0.3, -0.25) is 4.79 Å². The number of para-hydroxylation sites is 2. The van der Waals surface area contributed by atoms with Gasteiger partial charge in [0.05, 0.1) is 17.9 Å². The van der Waals surface area contributed by atoms with Gasteiger partial charge in [0.2, 0.25) is 0 Å². The lowest BCUT2D eigenvalue weighted by Crippen LogP contribution is -2.47. The van der Waals surface area contributed by atoms with Crippen LogP contribution in [0.2, 0.25) is 0 Å². The molecule has 28 heavy (non-hydrogen) atoms. The summed E-state index contributed by atoms with van der Waals surface area (Å²) >= 11 is 0. The Labute approximate surface area is 173 Å². The van der Waals surface area contributed by atoms with Crippen LogP contribution >= 0.6 is 12.4 Å². The van der Waals surface area contributed by atoms with Crippen molar-refractivity contribution in [2.45, 2.75) is 12.8 Å². The Morgan fingerprint density at radius 2 is 1.75 bits per heavy atom. The topological polar surface area (TPSA) is 53.6 Å². The Bertz CT molecular complexity index is 743. The lowest BCUT2D eigenvalue weighted by Gasteiger charge is -2.37. The minimum Gasteiger partial charge on any atom is -0.384 e. The highest BCUT2D eigenvalue weighted by Gasteiger charge is 2.32. The normalized spacial score (nSPS) is 15.4. The molecule has 0 unspecified atom stereocenters. The van der Waals surface area contributed by atoms with Crippen LogP contribution in [0.3, 0.4) is 0 Å². The fourth-order valence-electron chi connectivity index (χ4n) is 3.75. The average Bonchev–Trinajstić information content (AvgIpc) is 2.73. The van der Waals surface area contributed by atoms with E-state index in [9.17, 15) is 4.79 Å². The van der Waals surface area contributed by atoms with Gasteiger partial charge in [0.25, 0.3) is 5.91 Å². The van der Waals surface area contributed by atoms with Crippen molar-refractivity contribution < 1.29 is 9.53 Å². The number of halogens is 1. The van der Waals surface area contributed by atoms with E-state index in [1.54, 1.807) is 7.11 Å².